The van der Waals surface area contributed by atoms with Crippen molar-refractivity contribution < 1.29 is 26.5 Å². The Bertz CT molecular complexity index is 619. The number of pyridine rings is 1. The van der Waals surface area contributed by atoms with Gasteiger partial charge in [-0.2, -0.15) is 0 Å². The van der Waals surface area contributed by atoms with E-state index in [-0.39, 0.29) is 17.1 Å². The first-order chi connectivity index (χ1) is 12.6. The topological polar surface area (TPSA) is 104 Å². The number of hydrogen-bond acceptors (Lipinski definition) is 7. The van der Waals surface area contributed by atoms with Crippen LogP contribution in [0.3, 0.4) is 0 Å². The third-order valence-corrected chi connectivity index (χ3v) is 3.03. The van der Waals surface area contributed by atoms with Crippen LogP contribution in [0.5, 0.6) is 0 Å². The molecule has 0 atom stereocenters. The van der Waals surface area contributed by atoms with Gasteiger partial charge in [0.25, 0.3) is 0 Å². The Morgan fingerprint density at radius 3 is 1.59 bits per heavy atom. The predicted molar refractivity (Wildman–Crippen MR) is 103 cm³/mol. The summed E-state index contributed by atoms with van der Waals surface area (Å²) < 4.78 is 10.9. The Hall–Kier alpha value is -1.05. The van der Waals surface area contributed by atoms with E-state index >= 15 is 0 Å². The summed E-state index contributed by atoms with van der Waals surface area (Å²) in [5.74, 6) is 0. The van der Waals surface area contributed by atoms with E-state index in [9.17, 15) is 0 Å². The molecule has 1 aromatic heterocycles. The summed E-state index contributed by atoms with van der Waals surface area (Å²) in [7, 11) is 0. The maximum atomic E-state index is 7.26. The average molecular weight is 541 g/mol. The van der Waals surface area contributed by atoms with Crippen molar-refractivity contribution in [3.05, 3.63) is 29.6 Å². The number of rotatable bonds is 0. The molecule has 0 radical (unpaired) electrons. The van der Waals surface area contributed by atoms with Gasteiger partial charge in [0, 0.05) is 0 Å². The van der Waals surface area contributed by atoms with Crippen molar-refractivity contribution in [1.29, 1.82) is 10.5 Å². The Balaban J connectivity index is 0. The van der Waals surface area contributed by atoms with E-state index in [4.69, 9.17) is 20.0 Å². The third-order valence-electron chi connectivity index (χ3n) is 3.03. The van der Waals surface area contributed by atoms with Crippen LogP contribution in [0.4, 0.5) is 0 Å². The van der Waals surface area contributed by atoms with Crippen LogP contribution in [-0.4, -0.2) is 87.9 Å². The van der Waals surface area contributed by atoms with Crippen molar-refractivity contribution in [2.75, 3.05) is 39.5 Å². The van der Waals surface area contributed by atoms with Gasteiger partial charge in [-0.05, 0) is 26.0 Å². The minimum Gasteiger partial charge on any atom is 2.00 e. The van der Waals surface area contributed by atoms with Crippen molar-refractivity contribution in [3.8, 4) is 9.94 Å². The molecule has 0 amide bonds. The zero-order chi connectivity index (χ0) is 19.6. The molecule has 7 nitrogen and oxygen atoms in total. The third kappa shape index (κ3) is 14.6. The van der Waals surface area contributed by atoms with E-state index in [0.717, 1.165) is 22.8 Å². The number of nitrogens with zero attached hydrogens (tertiary/aromatic N) is 5. The molecule has 1 aromatic rings. The van der Waals surface area contributed by atoms with Crippen LogP contribution in [-0.2, 0) is 26.5 Å². The van der Waals surface area contributed by atoms with Gasteiger partial charge in [-0.25, -0.2) is 4.98 Å². The van der Waals surface area contributed by atoms with Gasteiger partial charge in [-0.3, -0.25) is 9.98 Å². The van der Waals surface area contributed by atoms with Gasteiger partial charge in [0.2, 0.25) is 0 Å². The van der Waals surface area contributed by atoms with Crippen LogP contribution >= 0.6 is 0 Å². The molecule has 1 aliphatic heterocycles. The van der Waals surface area contributed by atoms with Crippen LogP contribution in [0.15, 0.2) is 28.2 Å². The fraction of sp³-hybridized carbons (Fsp3) is 0.471. The maximum absolute atomic E-state index is 7.26. The average Bonchev–Trinajstić information content (AvgIpc) is 2.64. The molecule has 27 heavy (non-hydrogen) atoms. The van der Waals surface area contributed by atoms with E-state index < -0.39 is 0 Å². The molecule has 1 aliphatic rings. The quantitative estimate of drug-likeness (QED) is 0.457. The summed E-state index contributed by atoms with van der Waals surface area (Å²) in [6, 6.07) is 5.93. The summed E-state index contributed by atoms with van der Waals surface area (Å²) in [6.45, 7) is 7.65. The van der Waals surface area contributed by atoms with Crippen LogP contribution in [0.2, 0.25) is 0 Å². The molecular weight excluding hydrogens is 520 g/mol. The summed E-state index contributed by atoms with van der Waals surface area (Å²) in [5.41, 5.74) is 3.63. The van der Waals surface area contributed by atoms with Crippen molar-refractivity contribution in [3.63, 3.8) is 0 Å². The maximum Gasteiger partial charge on any atom is 2.00 e. The molecule has 146 valence electrons. The standard InChI is InChI=1S/C15H21N3O2.2CHNSe.Fe/c1-12-14-4-3-5-15(18-14)13(2)17-7-9-20-11-10-19-8-6-16-12;2*2-1-3;/h3-5H,6-11H2,1-2H3;2*3H;/q;;;+2/p-2. The molecule has 0 saturated heterocycles. The van der Waals surface area contributed by atoms with Gasteiger partial charge in [0.15, 0.2) is 0 Å². The van der Waals surface area contributed by atoms with Crippen molar-refractivity contribution in [1.82, 2.24) is 4.98 Å². The van der Waals surface area contributed by atoms with Gasteiger partial charge in [0.05, 0.1) is 62.3 Å². The molecule has 0 fully saturated rings. The first-order valence-corrected chi connectivity index (χ1v) is 9.49. The molecule has 0 unspecified atom stereocenters. The number of fused-ring (bicyclic) bond motifs is 2. The van der Waals surface area contributed by atoms with E-state index in [1.54, 1.807) is 9.94 Å². The second-order valence-corrected chi connectivity index (χ2v) is 5.52. The van der Waals surface area contributed by atoms with Gasteiger partial charge in [0.1, 0.15) is 0 Å². The molecule has 0 spiro atoms. The Labute approximate surface area is 187 Å². The van der Waals surface area contributed by atoms with Gasteiger partial charge < -0.3 is 9.47 Å². The first-order valence-electron chi connectivity index (χ1n) is 7.78. The first kappa shape index (κ1) is 28.2. The van der Waals surface area contributed by atoms with Gasteiger partial charge in [-0.1, -0.05) is 6.07 Å². The molecule has 0 aromatic carbocycles. The molecule has 0 N–H and O–H groups in total. The van der Waals surface area contributed by atoms with Crippen LogP contribution in [0.25, 0.3) is 0 Å². The minimum atomic E-state index is 0. The number of nitriles is 2. The molecule has 10 heteroatoms. The zero-order valence-corrected chi connectivity index (χ0v) is 19.7. The summed E-state index contributed by atoms with van der Waals surface area (Å²) in [4.78, 5) is 16.8. The Morgan fingerprint density at radius 1 is 0.852 bits per heavy atom. The van der Waals surface area contributed by atoms with Gasteiger partial charge in [-0.15, -0.1) is 0 Å². The molecule has 2 heterocycles. The van der Waals surface area contributed by atoms with E-state index in [1.807, 2.05) is 32.0 Å². The van der Waals surface area contributed by atoms with Crippen LogP contribution in [0.1, 0.15) is 25.2 Å². The second kappa shape index (κ2) is 19.7. The van der Waals surface area contributed by atoms with Crippen molar-refractivity contribution >= 4 is 43.4 Å². The summed E-state index contributed by atoms with van der Waals surface area (Å²) in [5, 5.41) is 14.5. The van der Waals surface area contributed by atoms with Crippen molar-refractivity contribution in [2.45, 2.75) is 13.8 Å². The van der Waals surface area contributed by atoms with Crippen molar-refractivity contribution in [2.24, 2.45) is 9.98 Å². The van der Waals surface area contributed by atoms with E-state index in [1.165, 1.54) is 0 Å². The number of hydrogen-bond donors (Lipinski definition) is 0. The Morgan fingerprint density at radius 2 is 1.22 bits per heavy atom. The SMILES string of the molecule is CC1=NCCOCCOCCN=C(C)c2cccc1n2.N#C[Se-].N#C[Se-].[Fe+2]. The largest absolute Gasteiger partial charge is 2.00 e. The number of ether oxygens (including phenoxy) is 2. The summed E-state index contributed by atoms with van der Waals surface area (Å²) in [6.07, 6.45) is 0. The normalized spacial score (nSPS) is 14.2. The van der Waals surface area contributed by atoms with E-state index in [2.05, 4.69) is 47.0 Å². The Kier molecular flexibility index (Phi) is 20.5. The predicted octanol–water partition coefficient (Wildman–Crippen LogP) is 1.02. The van der Waals surface area contributed by atoms with E-state index in [0.29, 0.717) is 39.5 Å². The minimum absolute atomic E-state index is 0. The molecular formula is C17H21FeN5O2Se2. The van der Waals surface area contributed by atoms with Crippen LogP contribution < -0.4 is 0 Å². The zero-order valence-electron chi connectivity index (χ0n) is 15.2. The number of aromatic nitrogens is 1. The molecule has 0 saturated carbocycles. The van der Waals surface area contributed by atoms with Crippen LogP contribution in [0, 0.1) is 20.5 Å². The second-order valence-electron chi connectivity index (χ2n) is 4.75. The smallest absolute Gasteiger partial charge is 2.00 e. The monoisotopic (exact) mass is 543 g/mol. The van der Waals surface area contributed by atoms with Gasteiger partial charge >= 0.3 is 69.6 Å². The fourth-order valence-corrected chi connectivity index (χ4v) is 1.88. The molecule has 0 aliphatic carbocycles. The molecule has 2 rings (SSSR count). The molecule has 2 bridgehead atoms. The fourth-order valence-electron chi connectivity index (χ4n) is 1.88. The summed E-state index contributed by atoms with van der Waals surface area (Å²) >= 11 is 4.22. The number of aliphatic imine (C=N–C) groups is 2.